The minimum atomic E-state index is -5.05. The summed E-state index contributed by atoms with van der Waals surface area (Å²) in [6.07, 6.45) is -4.24. The third-order valence-corrected chi connectivity index (χ3v) is 4.92. The molecule has 10 nitrogen and oxygen atoms in total. The molecular weight excluding hydrogens is 457 g/mol. The van der Waals surface area contributed by atoms with Crippen molar-refractivity contribution in [3.63, 3.8) is 0 Å². The van der Waals surface area contributed by atoms with Crippen LogP contribution in [0.15, 0.2) is 30.0 Å². The molecule has 2 unspecified atom stereocenters. The average Bonchev–Trinajstić information content (AvgIpc) is 3.27. The molecule has 0 radical (unpaired) electrons. The van der Waals surface area contributed by atoms with E-state index in [-0.39, 0.29) is 18.3 Å². The van der Waals surface area contributed by atoms with Crippen molar-refractivity contribution in [2.45, 2.75) is 39.0 Å². The van der Waals surface area contributed by atoms with Crippen LogP contribution in [0.2, 0.25) is 0 Å². The summed E-state index contributed by atoms with van der Waals surface area (Å²) in [4.78, 5) is 36.7. The van der Waals surface area contributed by atoms with Crippen LogP contribution >= 0.6 is 0 Å². The van der Waals surface area contributed by atoms with Crippen LogP contribution in [0, 0.1) is 11.3 Å². The predicted octanol–water partition coefficient (Wildman–Crippen LogP) is 2.37. The van der Waals surface area contributed by atoms with Crippen molar-refractivity contribution in [1.82, 2.24) is 20.7 Å². The van der Waals surface area contributed by atoms with Gasteiger partial charge in [-0.05, 0) is 30.7 Å². The maximum absolute atomic E-state index is 12.8. The molecule has 3 N–H and O–H groups in total. The highest BCUT2D eigenvalue weighted by Crippen LogP contribution is 2.34. The van der Waals surface area contributed by atoms with Gasteiger partial charge in [0.15, 0.2) is 0 Å². The SMILES string of the molecule is CC.COC(=O)Nc1cc(C#N)ccc1C1C=C2C(=O)N(CNC(=O)C(F)(F)F)CC(C)N2N1. The van der Waals surface area contributed by atoms with Crippen LogP contribution in [0.5, 0.6) is 0 Å². The summed E-state index contributed by atoms with van der Waals surface area (Å²) in [5, 5.41) is 14.9. The summed E-state index contributed by atoms with van der Waals surface area (Å²) in [7, 11) is 1.19. The average molecular weight is 482 g/mol. The lowest BCUT2D eigenvalue weighted by Gasteiger charge is -2.39. The van der Waals surface area contributed by atoms with Gasteiger partial charge in [-0.3, -0.25) is 19.9 Å². The van der Waals surface area contributed by atoms with Crippen molar-refractivity contribution < 1.29 is 32.3 Å². The van der Waals surface area contributed by atoms with Gasteiger partial charge in [0.05, 0.1) is 43.2 Å². The Labute approximate surface area is 194 Å². The minimum absolute atomic E-state index is 0.0642. The normalized spacial score (nSPS) is 19.2. The van der Waals surface area contributed by atoms with Gasteiger partial charge in [-0.1, -0.05) is 19.9 Å². The second-order valence-electron chi connectivity index (χ2n) is 7.10. The zero-order valence-corrected chi connectivity index (χ0v) is 19.0. The number of ether oxygens (including phenoxy) is 1. The largest absolute Gasteiger partial charge is 0.471 e. The van der Waals surface area contributed by atoms with E-state index in [4.69, 9.17) is 5.26 Å². The van der Waals surface area contributed by atoms with Crippen molar-refractivity contribution >= 4 is 23.6 Å². The monoisotopic (exact) mass is 482 g/mol. The van der Waals surface area contributed by atoms with Gasteiger partial charge in [0.25, 0.3) is 5.91 Å². The van der Waals surface area contributed by atoms with E-state index in [1.165, 1.54) is 13.2 Å². The Bertz CT molecular complexity index is 1020. The highest BCUT2D eigenvalue weighted by Gasteiger charge is 2.42. The first-order chi connectivity index (χ1) is 16.0. The number of methoxy groups -OCH3 is 1. The summed E-state index contributed by atoms with van der Waals surface area (Å²) in [5.41, 5.74) is 4.42. The van der Waals surface area contributed by atoms with E-state index in [1.54, 1.807) is 35.5 Å². The second kappa shape index (κ2) is 10.9. The van der Waals surface area contributed by atoms with Crippen molar-refractivity contribution in [3.05, 3.63) is 41.1 Å². The summed E-state index contributed by atoms with van der Waals surface area (Å²) in [5.74, 6) is -2.70. The number of hydrazine groups is 1. The summed E-state index contributed by atoms with van der Waals surface area (Å²) in [6.45, 7) is 5.22. The highest BCUT2D eigenvalue weighted by atomic mass is 19.4. The van der Waals surface area contributed by atoms with Crippen LogP contribution in [0.4, 0.5) is 23.7 Å². The number of alkyl halides is 3. The first-order valence-electron chi connectivity index (χ1n) is 10.4. The zero-order valence-electron chi connectivity index (χ0n) is 19.0. The topological polar surface area (TPSA) is 127 Å². The number of fused-ring (bicyclic) bond motifs is 1. The van der Waals surface area contributed by atoms with E-state index < -0.39 is 36.8 Å². The fraction of sp³-hybridized carbons (Fsp3) is 0.429. The molecule has 13 heteroatoms. The summed E-state index contributed by atoms with van der Waals surface area (Å²) < 4.78 is 41.9. The van der Waals surface area contributed by atoms with E-state index in [9.17, 15) is 27.6 Å². The van der Waals surface area contributed by atoms with Crippen LogP contribution < -0.4 is 16.1 Å². The number of hydrogen-bond donors (Lipinski definition) is 3. The number of anilines is 1. The molecule has 2 aliphatic heterocycles. The van der Waals surface area contributed by atoms with Gasteiger partial charge in [-0.25, -0.2) is 10.2 Å². The third-order valence-electron chi connectivity index (χ3n) is 4.92. The Morgan fingerprint density at radius 3 is 2.59 bits per heavy atom. The maximum atomic E-state index is 12.8. The van der Waals surface area contributed by atoms with Crippen LogP contribution in [0.3, 0.4) is 0 Å². The fourth-order valence-corrected chi connectivity index (χ4v) is 3.41. The molecule has 0 saturated carbocycles. The van der Waals surface area contributed by atoms with Gasteiger partial charge in [0.1, 0.15) is 5.70 Å². The number of nitrogens with one attached hydrogen (secondary N) is 3. The molecule has 0 spiro atoms. The first-order valence-corrected chi connectivity index (χ1v) is 10.4. The highest BCUT2D eigenvalue weighted by molar-refractivity contribution is 5.95. The number of benzene rings is 1. The molecule has 3 rings (SSSR count). The van der Waals surface area contributed by atoms with Gasteiger partial charge in [0.2, 0.25) is 0 Å². The molecule has 1 aromatic carbocycles. The van der Waals surface area contributed by atoms with Crippen LogP contribution in [0.1, 0.15) is 37.9 Å². The first kappa shape index (κ1) is 26.5. The van der Waals surface area contributed by atoms with Crippen molar-refractivity contribution in [1.29, 1.82) is 5.26 Å². The number of piperazine rings is 1. The third kappa shape index (κ3) is 5.76. The van der Waals surface area contributed by atoms with Gasteiger partial charge < -0.3 is 15.0 Å². The Hall–Kier alpha value is -3.79. The minimum Gasteiger partial charge on any atom is -0.453 e. The Morgan fingerprint density at radius 2 is 2.00 bits per heavy atom. The molecule has 2 aliphatic rings. The molecule has 0 aliphatic carbocycles. The van der Waals surface area contributed by atoms with Crippen LogP contribution in [-0.2, 0) is 14.3 Å². The van der Waals surface area contributed by atoms with Gasteiger partial charge in [0, 0.05) is 6.54 Å². The lowest BCUT2D eigenvalue weighted by Crippen LogP contribution is -2.58. The van der Waals surface area contributed by atoms with Gasteiger partial charge in [-0.2, -0.15) is 18.4 Å². The predicted molar refractivity (Wildman–Crippen MR) is 115 cm³/mol. The number of carbonyl (C=O) groups is 3. The van der Waals surface area contributed by atoms with E-state index in [0.29, 0.717) is 16.8 Å². The Balaban J connectivity index is 0.00000199. The number of nitriles is 1. The molecule has 34 heavy (non-hydrogen) atoms. The van der Waals surface area contributed by atoms with Gasteiger partial charge in [-0.15, -0.1) is 0 Å². The molecule has 0 bridgehead atoms. The number of halogens is 3. The maximum Gasteiger partial charge on any atom is 0.471 e. The summed E-state index contributed by atoms with van der Waals surface area (Å²) >= 11 is 0. The number of nitrogens with zero attached hydrogens (tertiary/aromatic N) is 3. The number of rotatable bonds is 4. The lowest BCUT2D eigenvalue weighted by molar-refractivity contribution is -0.174. The molecule has 1 aromatic rings. The van der Waals surface area contributed by atoms with Crippen LogP contribution in [-0.4, -0.2) is 60.4 Å². The van der Waals surface area contributed by atoms with Crippen molar-refractivity contribution in [3.8, 4) is 6.07 Å². The van der Waals surface area contributed by atoms with E-state index >= 15 is 0 Å². The molecule has 184 valence electrons. The van der Waals surface area contributed by atoms with Crippen LogP contribution in [0.25, 0.3) is 0 Å². The summed E-state index contributed by atoms with van der Waals surface area (Å²) in [6, 6.07) is 5.65. The molecule has 1 saturated heterocycles. The standard InChI is InChI=1S/C19H19F3N6O4.C2H6/c1-10-8-27(9-24-17(30)19(20,21)22)16(29)15-6-14(26-28(10)15)12-4-3-11(7-23)5-13(12)25-18(31)32-2;1-2/h3-6,10,14,26H,8-9H2,1-2H3,(H,24,30)(H,25,31);1-2H3. The Kier molecular flexibility index (Phi) is 8.47. The molecule has 0 aromatic heterocycles. The molecule has 3 amide bonds. The molecule has 1 fully saturated rings. The van der Waals surface area contributed by atoms with E-state index in [2.05, 4.69) is 15.5 Å². The second-order valence-corrected chi connectivity index (χ2v) is 7.10. The smallest absolute Gasteiger partial charge is 0.453 e. The zero-order chi connectivity index (χ0) is 25.6. The molecule has 2 heterocycles. The van der Waals surface area contributed by atoms with Crippen molar-refractivity contribution in [2.24, 2.45) is 0 Å². The van der Waals surface area contributed by atoms with Gasteiger partial charge >= 0.3 is 18.2 Å². The quantitative estimate of drug-likeness (QED) is 0.601. The fourth-order valence-electron chi connectivity index (χ4n) is 3.41. The van der Waals surface area contributed by atoms with E-state index in [0.717, 1.165) is 4.90 Å². The number of hydrogen-bond acceptors (Lipinski definition) is 7. The molecule has 2 atom stereocenters. The Morgan fingerprint density at radius 1 is 1.32 bits per heavy atom. The lowest BCUT2D eigenvalue weighted by atomic mass is 10.0. The number of carbonyl (C=O) groups excluding carboxylic acids is 3. The molecular formula is C21H25F3N6O4. The van der Waals surface area contributed by atoms with E-state index in [1.807, 2.05) is 19.9 Å². The number of amides is 3. The van der Waals surface area contributed by atoms with Crippen molar-refractivity contribution in [2.75, 3.05) is 25.6 Å².